The number of aromatic nitrogens is 1. The zero-order chi connectivity index (χ0) is 30.3. The Hall–Kier alpha value is -4.78. The molecule has 4 heterocycles. The average Bonchev–Trinajstić information content (AvgIpc) is 3.59. The lowest BCUT2D eigenvalue weighted by Crippen LogP contribution is -2.04. The zero-order valence-corrected chi connectivity index (χ0v) is 24.5. The average molecular weight is 562 g/mol. The van der Waals surface area contributed by atoms with Crippen molar-refractivity contribution in [1.29, 1.82) is 0 Å². The highest BCUT2D eigenvalue weighted by Crippen LogP contribution is 2.42. The molecule has 0 unspecified atom stereocenters. The number of aliphatic carboxylic acids is 2. The summed E-state index contributed by atoms with van der Waals surface area (Å²) in [5.74, 6) is -1.72. The third-order valence-electron chi connectivity index (χ3n) is 8.53. The van der Waals surface area contributed by atoms with Crippen molar-refractivity contribution in [3.8, 4) is 0 Å². The first-order valence-electron chi connectivity index (χ1n) is 14.1. The van der Waals surface area contributed by atoms with Gasteiger partial charge in [0.05, 0.1) is 22.8 Å². The minimum absolute atomic E-state index is 0.0139. The third kappa shape index (κ3) is 5.18. The molecule has 0 radical (unpaired) electrons. The van der Waals surface area contributed by atoms with Crippen LogP contribution in [0.2, 0.25) is 0 Å². The maximum Gasteiger partial charge on any atom is 0.303 e. The van der Waals surface area contributed by atoms with E-state index in [1.165, 1.54) is 0 Å². The van der Waals surface area contributed by atoms with E-state index in [4.69, 9.17) is 9.98 Å². The fourth-order valence-electron chi connectivity index (χ4n) is 6.08. The number of carboxylic acids is 2. The Labute approximate surface area is 245 Å². The fraction of sp³-hybridized carbons (Fsp3) is 0.257. The highest BCUT2D eigenvalue weighted by Gasteiger charge is 2.28. The van der Waals surface area contributed by atoms with Crippen LogP contribution in [0.3, 0.4) is 0 Å². The number of aliphatic imine (C=N–C) groups is 2. The predicted octanol–water partition coefficient (Wildman–Crippen LogP) is 7.69. The predicted molar refractivity (Wildman–Crippen MR) is 169 cm³/mol. The topological polar surface area (TPSA) is 115 Å². The van der Waals surface area contributed by atoms with Crippen molar-refractivity contribution in [1.82, 2.24) is 4.98 Å². The molecule has 0 saturated heterocycles. The van der Waals surface area contributed by atoms with Crippen molar-refractivity contribution in [3.05, 3.63) is 110 Å². The van der Waals surface area contributed by atoms with Crippen molar-refractivity contribution >= 4 is 41.6 Å². The zero-order valence-electron chi connectivity index (χ0n) is 24.5. The highest BCUT2D eigenvalue weighted by atomic mass is 16.4. The summed E-state index contributed by atoms with van der Waals surface area (Å²) in [6.07, 6.45) is 13.2. The minimum atomic E-state index is -0.870. The number of nitrogens with zero attached hydrogens (tertiary/aromatic N) is 2. The van der Waals surface area contributed by atoms with Crippen molar-refractivity contribution < 1.29 is 19.8 Å². The third-order valence-corrected chi connectivity index (χ3v) is 8.53. The molecule has 7 nitrogen and oxygen atoms in total. The van der Waals surface area contributed by atoms with E-state index >= 15 is 0 Å². The molecule has 7 heteroatoms. The Balaban J connectivity index is 1.79. The van der Waals surface area contributed by atoms with E-state index < -0.39 is 11.9 Å². The van der Waals surface area contributed by atoms with Crippen LogP contribution in [0.15, 0.2) is 97.3 Å². The van der Waals surface area contributed by atoms with Gasteiger partial charge in [-0.05, 0) is 116 Å². The standard InChI is InChI=1S/C35H35N3O4/c1-7-24-19(4)30-17-33-25(8-2)20(5)28(38-33)16-29-21(6)27(10-12-35(41)42)32(37-29)15-23-13-22(14-31(24)36-30)18(3)26(23)9-11-34(39)40/h7-8,14-17,36H,1-2,9-13H2,3-6H3,(H,39,40)(H,41,42). The molecule has 8 bridgehead atoms. The van der Waals surface area contributed by atoms with Gasteiger partial charge >= 0.3 is 11.9 Å². The van der Waals surface area contributed by atoms with E-state index in [0.717, 1.165) is 84.2 Å². The van der Waals surface area contributed by atoms with E-state index in [2.05, 4.69) is 31.1 Å². The van der Waals surface area contributed by atoms with Crippen molar-refractivity contribution in [3.63, 3.8) is 0 Å². The number of aromatic amines is 1. The van der Waals surface area contributed by atoms with E-state index in [9.17, 15) is 19.8 Å². The monoisotopic (exact) mass is 561 g/mol. The van der Waals surface area contributed by atoms with Gasteiger partial charge in [0.15, 0.2) is 0 Å². The van der Waals surface area contributed by atoms with E-state index in [1.807, 2.05) is 51.2 Å². The molecule has 5 rings (SSSR count). The Morgan fingerprint density at radius 1 is 0.786 bits per heavy atom. The second kappa shape index (κ2) is 11.2. The number of nitrogens with one attached hydrogen (secondary N) is 1. The first kappa shape index (κ1) is 28.7. The molecular weight excluding hydrogens is 526 g/mol. The summed E-state index contributed by atoms with van der Waals surface area (Å²) in [6.45, 7) is 16.2. The molecular formula is C35H35N3O4. The molecule has 0 aromatic carbocycles. The first-order chi connectivity index (χ1) is 20.0. The number of allylic oxidation sites excluding steroid dienone is 10. The molecule has 1 aromatic rings. The molecule has 214 valence electrons. The summed E-state index contributed by atoms with van der Waals surface area (Å²) < 4.78 is 0. The molecule has 3 N–H and O–H groups in total. The normalized spacial score (nSPS) is 18.0. The maximum atomic E-state index is 11.5. The van der Waals surface area contributed by atoms with Crippen LogP contribution < -0.4 is 0 Å². The van der Waals surface area contributed by atoms with Gasteiger partial charge in [-0.25, -0.2) is 9.98 Å². The molecule has 0 amide bonds. The summed E-state index contributed by atoms with van der Waals surface area (Å²) in [4.78, 5) is 36.6. The molecule has 3 aliphatic heterocycles. The fourth-order valence-corrected chi connectivity index (χ4v) is 6.08. The quantitative estimate of drug-likeness (QED) is 0.302. The van der Waals surface area contributed by atoms with Crippen LogP contribution in [-0.2, 0) is 9.59 Å². The Bertz CT molecular complexity index is 1760. The van der Waals surface area contributed by atoms with Crippen molar-refractivity contribution in [2.24, 2.45) is 9.98 Å². The number of hydrogen-bond acceptors (Lipinski definition) is 4. The molecule has 4 aliphatic rings. The molecule has 1 aliphatic carbocycles. The lowest BCUT2D eigenvalue weighted by molar-refractivity contribution is -0.137. The van der Waals surface area contributed by atoms with Gasteiger partial charge in [0.2, 0.25) is 0 Å². The highest BCUT2D eigenvalue weighted by molar-refractivity contribution is 6.17. The van der Waals surface area contributed by atoms with E-state index in [-0.39, 0.29) is 12.8 Å². The number of rotatable bonds is 8. The number of carboxylic acid groups (broad SMARTS) is 2. The second-order valence-electron chi connectivity index (χ2n) is 11.0. The van der Waals surface area contributed by atoms with E-state index in [1.54, 1.807) is 0 Å². The Morgan fingerprint density at radius 3 is 2.10 bits per heavy atom. The van der Waals surface area contributed by atoms with Crippen LogP contribution in [-0.4, -0.2) is 38.6 Å². The van der Waals surface area contributed by atoms with Crippen LogP contribution in [0.1, 0.15) is 75.4 Å². The van der Waals surface area contributed by atoms with Gasteiger partial charge in [-0.3, -0.25) is 9.59 Å². The lowest BCUT2D eigenvalue weighted by Gasteiger charge is -2.08. The molecule has 0 atom stereocenters. The van der Waals surface area contributed by atoms with Crippen molar-refractivity contribution in [2.45, 2.75) is 59.8 Å². The smallest absolute Gasteiger partial charge is 0.303 e. The summed E-state index contributed by atoms with van der Waals surface area (Å²) >= 11 is 0. The molecule has 1 aromatic heterocycles. The number of fused-ring (bicyclic) bond motifs is 6. The van der Waals surface area contributed by atoms with Crippen LogP contribution in [0.25, 0.3) is 18.2 Å². The van der Waals surface area contributed by atoms with E-state index in [0.29, 0.717) is 25.0 Å². The van der Waals surface area contributed by atoms with Crippen molar-refractivity contribution in [2.75, 3.05) is 0 Å². The lowest BCUT2D eigenvalue weighted by atomic mass is 9.95. The molecule has 0 fully saturated rings. The Kier molecular flexibility index (Phi) is 7.69. The number of H-pyrrole nitrogens is 1. The van der Waals surface area contributed by atoms with Crippen LogP contribution >= 0.6 is 0 Å². The van der Waals surface area contributed by atoms with Gasteiger partial charge in [-0.2, -0.15) is 0 Å². The second-order valence-corrected chi connectivity index (χ2v) is 11.0. The number of carbonyl (C=O) groups is 2. The summed E-state index contributed by atoms with van der Waals surface area (Å²) in [5, 5.41) is 18.9. The minimum Gasteiger partial charge on any atom is -0.481 e. The van der Waals surface area contributed by atoms with Crippen LogP contribution in [0, 0.1) is 6.92 Å². The first-order valence-corrected chi connectivity index (χ1v) is 14.1. The Morgan fingerprint density at radius 2 is 1.45 bits per heavy atom. The number of hydrogen-bond donors (Lipinski definition) is 3. The molecule has 0 spiro atoms. The summed E-state index contributed by atoms with van der Waals surface area (Å²) in [6, 6.07) is 0. The summed E-state index contributed by atoms with van der Waals surface area (Å²) in [7, 11) is 0. The van der Waals surface area contributed by atoms with Gasteiger partial charge in [0.25, 0.3) is 0 Å². The maximum absolute atomic E-state index is 11.5. The van der Waals surface area contributed by atoms with Gasteiger partial charge in [0, 0.05) is 35.4 Å². The van der Waals surface area contributed by atoms with Crippen LogP contribution in [0.5, 0.6) is 0 Å². The summed E-state index contributed by atoms with van der Waals surface area (Å²) in [5.41, 5.74) is 14.8. The largest absolute Gasteiger partial charge is 0.481 e. The molecule has 0 saturated carbocycles. The van der Waals surface area contributed by atoms with Gasteiger partial charge < -0.3 is 15.2 Å². The SMILES string of the molecule is C=CC1=C(C)C2=NC1=Cc1[nH]c(c(C=C)c1C)C=C1CC(=CC3=NC(=C2)C(C)=C3CCC(=O)O)C(CCC(=O)O)=C1C. The van der Waals surface area contributed by atoms with Gasteiger partial charge in [-0.15, -0.1) is 0 Å². The van der Waals surface area contributed by atoms with Gasteiger partial charge in [-0.1, -0.05) is 25.3 Å². The molecule has 42 heavy (non-hydrogen) atoms. The van der Waals surface area contributed by atoms with Crippen LogP contribution in [0.4, 0.5) is 0 Å². The van der Waals surface area contributed by atoms with Gasteiger partial charge in [0.1, 0.15) is 0 Å².